The molecule has 0 spiro atoms. The average Bonchev–Trinajstić information content (AvgIpc) is 3.55. The second kappa shape index (κ2) is 9.84. The number of thiazole rings is 1. The lowest BCUT2D eigenvalue weighted by Crippen LogP contribution is -2.21. The van der Waals surface area contributed by atoms with E-state index < -0.39 is 0 Å². The minimum absolute atomic E-state index is 0.258. The second-order valence-corrected chi connectivity index (χ2v) is 10.1. The van der Waals surface area contributed by atoms with Gasteiger partial charge in [0.25, 0.3) is 5.56 Å². The van der Waals surface area contributed by atoms with Gasteiger partial charge < -0.3 is 15.0 Å². The number of hydrogen-bond acceptors (Lipinski definition) is 9. The van der Waals surface area contributed by atoms with Crippen molar-refractivity contribution in [1.29, 1.82) is 0 Å². The normalized spacial score (nSPS) is 11.7. The first kappa shape index (κ1) is 24.0. The highest BCUT2D eigenvalue weighted by Gasteiger charge is 2.19. The van der Waals surface area contributed by atoms with Gasteiger partial charge in [0.1, 0.15) is 11.1 Å². The van der Waals surface area contributed by atoms with Crippen LogP contribution in [-0.4, -0.2) is 61.3 Å². The number of anilines is 2. The Hall–Kier alpha value is -4.35. The molecule has 4 heterocycles. The number of fused-ring (bicyclic) bond motifs is 4. The van der Waals surface area contributed by atoms with Gasteiger partial charge in [-0.15, -0.1) is 11.3 Å². The zero-order valence-corrected chi connectivity index (χ0v) is 22.1. The summed E-state index contributed by atoms with van der Waals surface area (Å²) >= 11 is 1.45. The van der Waals surface area contributed by atoms with E-state index in [9.17, 15) is 4.79 Å². The minimum Gasteiger partial charge on any atom is -0.493 e. The summed E-state index contributed by atoms with van der Waals surface area (Å²) in [6, 6.07) is 13.6. The van der Waals surface area contributed by atoms with Crippen LogP contribution in [0, 0.1) is 6.92 Å². The van der Waals surface area contributed by atoms with Crippen molar-refractivity contribution >= 4 is 50.6 Å². The molecule has 0 aliphatic heterocycles. The molecule has 0 saturated heterocycles. The molecule has 2 aromatic carbocycles. The Morgan fingerprint density at radius 2 is 1.95 bits per heavy atom. The van der Waals surface area contributed by atoms with Gasteiger partial charge in [-0.3, -0.25) is 4.79 Å². The molecule has 0 amide bonds. The van der Waals surface area contributed by atoms with Gasteiger partial charge in [-0.2, -0.15) is 9.50 Å². The van der Waals surface area contributed by atoms with Crippen LogP contribution >= 0.6 is 11.3 Å². The van der Waals surface area contributed by atoms with E-state index in [1.54, 1.807) is 15.4 Å². The number of hydrogen-bond donors (Lipinski definition) is 1. The maximum absolute atomic E-state index is 13.7. The molecule has 10 nitrogen and oxygen atoms in total. The fourth-order valence-corrected chi connectivity index (χ4v) is 5.02. The SMILES string of the molecule is Cc1ccc(Nc2ncc3c(=O)n4c(nc3n2)c2ccccc2n4-c2nccs2)cc1OCCCN(C)C. The number of benzene rings is 2. The molecule has 38 heavy (non-hydrogen) atoms. The van der Waals surface area contributed by atoms with E-state index in [4.69, 9.17) is 9.72 Å². The Kier molecular flexibility index (Phi) is 6.22. The van der Waals surface area contributed by atoms with Crippen molar-refractivity contribution in [3.05, 3.63) is 76.2 Å². The highest BCUT2D eigenvalue weighted by molar-refractivity contribution is 7.12. The Morgan fingerprint density at radius 1 is 1.08 bits per heavy atom. The Balaban J connectivity index is 1.38. The Labute approximate surface area is 222 Å². The molecule has 0 fully saturated rings. The molecular weight excluding hydrogens is 500 g/mol. The zero-order chi connectivity index (χ0) is 26.2. The van der Waals surface area contributed by atoms with E-state index in [0.29, 0.717) is 34.4 Å². The van der Waals surface area contributed by atoms with Gasteiger partial charge in [0.2, 0.25) is 11.1 Å². The summed E-state index contributed by atoms with van der Waals surface area (Å²) in [4.78, 5) is 34.0. The summed E-state index contributed by atoms with van der Waals surface area (Å²) in [5.41, 5.74) is 3.26. The molecule has 0 bridgehead atoms. The second-order valence-electron chi connectivity index (χ2n) is 9.24. The Morgan fingerprint density at radius 3 is 2.76 bits per heavy atom. The number of nitrogens with zero attached hydrogens (tertiary/aromatic N) is 7. The molecule has 6 rings (SSSR count). The first-order valence-corrected chi connectivity index (χ1v) is 13.1. The molecule has 192 valence electrons. The van der Waals surface area contributed by atoms with Crippen LogP contribution in [0.15, 0.2) is 65.0 Å². The summed E-state index contributed by atoms with van der Waals surface area (Å²) in [6.45, 7) is 3.61. The summed E-state index contributed by atoms with van der Waals surface area (Å²) in [7, 11) is 4.10. The summed E-state index contributed by atoms with van der Waals surface area (Å²) < 4.78 is 9.34. The molecule has 1 N–H and O–H groups in total. The molecule has 0 aliphatic carbocycles. The molecule has 0 saturated carbocycles. The van der Waals surface area contributed by atoms with E-state index in [1.165, 1.54) is 17.5 Å². The van der Waals surface area contributed by atoms with Gasteiger partial charge in [-0.05, 0) is 51.2 Å². The van der Waals surface area contributed by atoms with Crippen LogP contribution in [0.2, 0.25) is 0 Å². The van der Waals surface area contributed by atoms with Crippen LogP contribution in [0.4, 0.5) is 11.6 Å². The highest BCUT2D eigenvalue weighted by Crippen LogP contribution is 2.27. The predicted molar refractivity (Wildman–Crippen MR) is 150 cm³/mol. The number of rotatable bonds is 8. The lowest BCUT2D eigenvalue weighted by Gasteiger charge is -2.13. The van der Waals surface area contributed by atoms with Gasteiger partial charge in [0.05, 0.1) is 12.1 Å². The zero-order valence-electron chi connectivity index (χ0n) is 21.3. The van der Waals surface area contributed by atoms with Crippen LogP contribution in [0.25, 0.3) is 32.7 Å². The molecular formula is C27H26N8O2S. The fraction of sp³-hybridized carbons (Fsp3) is 0.222. The van der Waals surface area contributed by atoms with E-state index in [2.05, 4.69) is 25.2 Å². The van der Waals surface area contributed by atoms with Crippen LogP contribution in [0.1, 0.15) is 12.0 Å². The van der Waals surface area contributed by atoms with Crippen LogP contribution in [-0.2, 0) is 0 Å². The third kappa shape index (κ3) is 4.35. The van der Waals surface area contributed by atoms with Crippen molar-refractivity contribution in [3.8, 4) is 10.9 Å². The minimum atomic E-state index is -0.258. The first-order chi connectivity index (χ1) is 18.5. The van der Waals surface area contributed by atoms with E-state index in [1.807, 2.05) is 68.9 Å². The quantitative estimate of drug-likeness (QED) is 0.291. The van der Waals surface area contributed by atoms with Crippen molar-refractivity contribution in [2.24, 2.45) is 0 Å². The summed E-state index contributed by atoms with van der Waals surface area (Å²) in [6.07, 6.45) is 4.17. The summed E-state index contributed by atoms with van der Waals surface area (Å²) in [5.74, 6) is 1.16. The van der Waals surface area contributed by atoms with Crippen molar-refractivity contribution < 1.29 is 4.74 Å². The lowest BCUT2D eigenvalue weighted by molar-refractivity contribution is 0.280. The van der Waals surface area contributed by atoms with Gasteiger partial charge in [-0.25, -0.2) is 19.6 Å². The molecule has 0 radical (unpaired) electrons. The van der Waals surface area contributed by atoms with Gasteiger partial charge in [0, 0.05) is 41.5 Å². The van der Waals surface area contributed by atoms with Gasteiger partial charge in [0.15, 0.2) is 11.3 Å². The largest absolute Gasteiger partial charge is 0.493 e. The van der Waals surface area contributed by atoms with Crippen LogP contribution in [0.5, 0.6) is 5.75 Å². The Bertz CT molecular complexity index is 1830. The lowest BCUT2D eigenvalue weighted by atomic mass is 10.2. The van der Waals surface area contributed by atoms with Crippen molar-refractivity contribution in [1.82, 2.24) is 34.0 Å². The monoisotopic (exact) mass is 526 g/mol. The fourth-order valence-electron chi connectivity index (χ4n) is 4.38. The van der Waals surface area contributed by atoms with E-state index in [-0.39, 0.29) is 5.56 Å². The number of para-hydroxylation sites is 1. The van der Waals surface area contributed by atoms with Crippen molar-refractivity contribution in [2.45, 2.75) is 13.3 Å². The average molecular weight is 527 g/mol. The van der Waals surface area contributed by atoms with Gasteiger partial charge in [-0.1, -0.05) is 18.2 Å². The standard InChI is InChI=1S/C27H26N8O2S/c1-17-9-10-18(15-22(17)37-13-6-12-33(2)3)30-26-29-16-20-23(32-26)31-24-19-7-4-5-8-21(19)34(35(24)25(20)36)27-28-11-14-38-27/h4-5,7-11,14-16H,6,12-13H2,1-3H3,(H,29,30,32). The number of ether oxygens (including phenoxy) is 1. The van der Waals surface area contributed by atoms with Crippen molar-refractivity contribution in [2.75, 3.05) is 32.6 Å². The third-order valence-corrected chi connectivity index (χ3v) is 6.98. The molecule has 4 aromatic heterocycles. The molecule has 0 unspecified atom stereocenters. The topological polar surface area (TPSA) is 102 Å². The highest BCUT2D eigenvalue weighted by atomic mass is 32.1. The van der Waals surface area contributed by atoms with Crippen molar-refractivity contribution in [3.63, 3.8) is 0 Å². The molecule has 6 aromatic rings. The molecule has 0 aliphatic rings. The van der Waals surface area contributed by atoms with Gasteiger partial charge >= 0.3 is 0 Å². The maximum Gasteiger partial charge on any atom is 0.284 e. The smallest absolute Gasteiger partial charge is 0.284 e. The number of aromatic nitrogens is 6. The predicted octanol–water partition coefficient (Wildman–Crippen LogP) is 4.42. The first-order valence-electron chi connectivity index (χ1n) is 12.2. The van der Waals surface area contributed by atoms with Crippen LogP contribution in [0.3, 0.4) is 0 Å². The molecule has 0 atom stereocenters. The number of aryl methyl sites for hydroxylation is 1. The molecule has 11 heteroatoms. The third-order valence-electron chi connectivity index (χ3n) is 6.23. The van der Waals surface area contributed by atoms with Crippen LogP contribution < -0.4 is 15.6 Å². The van der Waals surface area contributed by atoms with E-state index >= 15 is 0 Å². The summed E-state index contributed by atoms with van der Waals surface area (Å²) in [5, 5.41) is 6.95. The number of nitrogens with one attached hydrogen (secondary N) is 1. The maximum atomic E-state index is 13.7. The van der Waals surface area contributed by atoms with E-state index in [0.717, 1.165) is 40.9 Å².